The second-order valence-corrected chi connectivity index (χ2v) is 7.20. The fourth-order valence-electron chi connectivity index (χ4n) is 3.52. The van der Waals surface area contributed by atoms with E-state index in [1.165, 1.54) is 0 Å². The van der Waals surface area contributed by atoms with Gasteiger partial charge in [-0.25, -0.2) is 4.98 Å². The normalized spacial score (nSPS) is 11.2. The Labute approximate surface area is 183 Å². The number of carbonyl (C=O) groups excluding carboxylic acids is 1. The van der Waals surface area contributed by atoms with Gasteiger partial charge in [-0.15, -0.1) is 0 Å². The third kappa shape index (κ3) is 3.53. The highest BCUT2D eigenvalue weighted by atomic mass is 16.5. The number of fused-ring (bicyclic) bond motifs is 1. The molecule has 1 N–H and O–H groups in total. The summed E-state index contributed by atoms with van der Waals surface area (Å²) in [6.07, 6.45) is 3.68. The van der Waals surface area contributed by atoms with Crippen molar-refractivity contribution in [3.8, 4) is 22.6 Å². The van der Waals surface area contributed by atoms with Gasteiger partial charge in [0.25, 0.3) is 11.6 Å². The molecule has 0 aliphatic carbocycles. The van der Waals surface area contributed by atoms with E-state index < -0.39 is 0 Å². The van der Waals surface area contributed by atoms with Gasteiger partial charge >= 0.3 is 0 Å². The van der Waals surface area contributed by atoms with E-state index in [4.69, 9.17) is 4.52 Å². The maximum Gasteiger partial charge on any atom is 0.259 e. The van der Waals surface area contributed by atoms with Crippen LogP contribution in [0.1, 0.15) is 24.2 Å². The van der Waals surface area contributed by atoms with E-state index in [2.05, 4.69) is 25.7 Å². The molecule has 0 radical (unpaired) electrons. The van der Waals surface area contributed by atoms with Gasteiger partial charge in [0, 0.05) is 37.1 Å². The standard InChI is InChI=1S/C23H21N7O2/c1-3-29-12-10-17(26-29)18-14-16(22(31)25-19-11-13-30(4-2)27-19)20-21(28-32-23(20)24-18)15-8-6-5-7-9-15/h5-14H,3-4H2,1-2H3,(H,25,27,31). The van der Waals surface area contributed by atoms with Gasteiger partial charge in [0.05, 0.1) is 16.6 Å². The Morgan fingerprint density at radius 2 is 1.72 bits per heavy atom. The van der Waals surface area contributed by atoms with Crippen molar-refractivity contribution in [2.45, 2.75) is 26.9 Å². The van der Waals surface area contributed by atoms with Gasteiger partial charge in [0.1, 0.15) is 11.4 Å². The van der Waals surface area contributed by atoms with Crippen LogP contribution in [0.2, 0.25) is 0 Å². The Hall–Kier alpha value is -4.27. The lowest BCUT2D eigenvalue weighted by Gasteiger charge is -2.07. The van der Waals surface area contributed by atoms with Crippen LogP contribution in [-0.2, 0) is 13.1 Å². The van der Waals surface area contributed by atoms with Crippen molar-refractivity contribution >= 4 is 22.8 Å². The predicted octanol–water partition coefficient (Wildman–Crippen LogP) is 4.24. The first-order valence-electron chi connectivity index (χ1n) is 10.4. The Bertz CT molecular complexity index is 1400. The van der Waals surface area contributed by atoms with Gasteiger partial charge < -0.3 is 9.84 Å². The van der Waals surface area contributed by atoms with E-state index in [1.807, 2.05) is 62.6 Å². The van der Waals surface area contributed by atoms with Crippen LogP contribution in [-0.4, -0.2) is 35.6 Å². The Balaban J connectivity index is 1.65. The maximum absolute atomic E-state index is 13.4. The van der Waals surface area contributed by atoms with E-state index in [-0.39, 0.29) is 11.6 Å². The van der Waals surface area contributed by atoms with Crippen molar-refractivity contribution in [2.75, 3.05) is 5.32 Å². The monoisotopic (exact) mass is 427 g/mol. The van der Waals surface area contributed by atoms with Gasteiger partial charge in [-0.1, -0.05) is 35.5 Å². The maximum atomic E-state index is 13.4. The topological polar surface area (TPSA) is 104 Å². The van der Waals surface area contributed by atoms with E-state index in [9.17, 15) is 4.79 Å². The summed E-state index contributed by atoms with van der Waals surface area (Å²) >= 11 is 0. The molecule has 0 aliphatic rings. The quantitative estimate of drug-likeness (QED) is 0.435. The highest BCUT2D eigenvalue weighted by Gasteiger charge is 2.23. The molecule has 0 fully saturated rings. The molecule has 5 rings (SSSR count). The molecule has 9 nitrogen and oxygen atoms in total. The Morgan fingerprint density at radius 3 is 2.44 bits per heavy atom. The van der Waals surface area contributed by atoms with Crippen LogP contribution in [0.4, 0.5) is 5.82 Å². The van der Waals surface area contributed by atoms with E-state index in [1.54, 1.807) is 21.5 Å². The van der Waals surface area contributed by atoms with Crippen LogP contribution in [0.15, 0.2) is 65.4 Å². The molecule has 4 heterocycles. The molecule has 5 aromatic rings. The Kier molecular flexibility index (Phi) is 4.98. The molecule has 0 spiro atoms. The molecule has 0 saturated heterocycles. The molecule has 0 saturated carbocycles. The summed E-state index contributed by atoms with van der Waals surface area (Å²) in [5, 5.41) is 16.5. The smallest absolute Gasteiger partial charge is 0.259 e. The van der Waals surface area contributed by atoms with E-state index in [0.29, 0.717) is 40.4 Å². The first-order valence-corrected chi connectivity index (χ1v) is 10.4. The molecule has 9 heteroatoms. The summed E-state index contributed by atoms with van der Waals surface area (Å²) in [6, 6.07) is 14.9. The minimum Gasteiger partial charge on any atom is -0.335 e. The van der Waals surface area contributed by atoms with Gasteiger partial charge in [-0.05, 0) is 26.0 Å². The first kappa shape index (κ1) is 19.7. The number of nitrogens with zero attached hydrogens (tertiary/aromatic N) is 6. The molecule has 1 amide bonds. The molecule has 160 valence electrons. The van der Waals surface area contributed by atoms with Crippen molar-refractivity contribution in [3.05, 3.63) is 66.5 Å². The number of anilines is 1. The largest absolute Gasteiger partial charge is 0.335 e. The zero-order valence-corrected chi connectivity index (χ0v) is 17.7. The van der Waals surface area contributed by atoms with Gasteiger partial charge in [-0.3, -0.25) is 14.2 Å². The summed E-state index contributed by atoms with van der Waals surface area (Å²) in [6.45, 7) is 5.43. The third-order valence-electron chi connectivity index (χ3n) is 5.17. The summed E-state index contributed by atoms with van der Waals surface area (Å²) in [5.41, 5.74) is 3.24. The van der Waals surface area contributed by atoms with Gasteiger partial charge in [0.2, 0.25) is 0 Å². The first-order chi connectivity index (χ1) is 15.7. The van der Waals surface area contributed by atoms with E-state index in [0.717, 1.165) is 12.1 Å². The number of benzene rings is 1. The van der Waals surface area contributed by atoms with Crippen LogP contribution in [0.3, 0.4) is 0 Å². The number of carbonyl (C=O) groups is 1. The van der Waals surface area contributed by atoms with Crippen molar-refractivity contribution < 1.29 is 9.32 Å². The molecule has 32 heavy (non-hydrogen) atoms. The molecule has 0 bridgehead atoms. The van der Waals surface area contributed by atoms with Gasteiger partial charge in [0.15, 0.2) is 5.82 Å². The number of hydrogen-bond acceptors (Lipinski definition) is 6. The van der Waals surface area contributed by atoms with Crippen LogP contribution in [0.5, 0.6) is 0 Å². The molecular formula is C23H21N7O2. The number of aryl methyl sites for hydroxylation is 2. The fraction of sp³-hybridized carbons (Fsp3) is 0.174. The van der Waals surface area contributed by atoms with E-state index >= 15 is 0 Å². The second-order valence-electron chi connectivity index (χ2n) is 7.20. The van der Waals surface area contributed by atoms with Crippen molar-refractivity contribution in [2.24, 2.45) is 0 Å². The summed E-state index contributed by atoms with van der Waals surface area (Å²) in [5.74, 6) is 0.145. The lowest BCUT2D eigenvalue weighted by atomic mass is 10.0. The highest BCUT2D eigenvalue weighted by molar-refractivity contribution is 6.15. The van der Waals surface area contributed by atoms with Crippen molar-refractivity contribution in [3.63, 3.8) is 0 Å². The molecule has 0 atom stereocenters. The zero-order valence-electron chi connectivity index (χ0n) is 17.7. The zero-order chi connectivity index (χ0) is 22.1. The lowest BCUT2D eigenvalue weighted by Crippen LogP contribution is -2.14. The number of amides is 1. The second kappa shape index (κ2) is 8.10. The van der Waals surface area contributed by atoms with Crippen LogP contribution >= 0.6 is 0 Å². The lowest BCUT2D eigenvalue weighted by molar-refractivity contribution is 0.102. The Morgan fingerprint density at radius 1 is 0.969 bits per heavy atom. The van der Waals surface area contributed by atoms with Gasteiger partial charge in [-0.2, -0.15) is 10.2 Å². The minimum absolute atomic E-state index is 0.275. The summed E-state index contributed by atoms with van der Waals surface area (Å²) in [7, 11) is 0. The third-order valence-corrected chi connectivity index (χ3v) is 5.17. The summed E-state index contributed by atoms with van der Waals surface area (Å²) in [4.78, 5) is 18.0. The average molecular weight is 427 g/mol. The highest BCUT2D eigenvalue weighted by Crippen LogP contribution is 2.32. The number of hydrogen-bond donors (Lipinski definition) is 1. The fourth-order valence-corrected chi connectivity index (χ4v) is 3.52. The molecule has 1 aromatic carbocycles. The van der Waals surface area contributed by atoms with Crippen molar-refractivity contribution in [1.82, 2.24) is 29.7 Å². The molecule has 0 aliphatic heterocycles. The number of nitrogens with one attached hydrogen (secondary N) is 1. The number of pyridine rings is 1. The number of aromatic nitrogens is 6. The molecule has 0 unspecified atom stereocenters. The SMILES string of the molecule is CCn1ccc(NC(=O)c2cc(-c3ccn(CC)n3)nc3onc(-c4ccccc4)c23)n1. The minimum atomic E-state index is -0.324. The van der Waals surface area contributed by atoms with Crippen molar-refractivity contribution in [1.29, 1.82) is 0 Å². The number of rotatable bonds is 6. The summed E-state index contributed by atoms with van der Waals surface area (Å²) < 4.78 is 9.11. The molecular weight excluding hydrogens is 406 g/mol. The van der Waals surface area contributed by atoms with Crippen LogP contribution < -0.4 is 5.32 Å². The van der Waals surface area contributed by atoms with Crippen LogP contribution in [0.25, 0.3) is 33.7 Å². The van der Waals surface area contributed by atoms with Crippen LogP contribution in [0, 0.1) is 0 Å². The predicted molar refractivity (Wildman–Crippen MR) is 120 cm³/mol. The molecule has 4 aromatic heterocycles. The average Bonchev–Trinajstić information content (AvgIpc) is 3.58.